The summed E-state index contributed by atoms with van der Waals surface area (Å²) in [6.07, 6.45) is 8.84. The fourth-order valence-corrected chi connectivity index (χ4v) is 6.48. The quantitative estimate of drug-likeness (QED) is 0.206. The minimum Gasteiger partial charge on any atom is -0.345 e. The molecule has 0 spiro atoms. The minimum atomic E-state index is -1.36. The highest BCUT2D eigenvalue weighted by molar-refractivity contribution is 5.95. The standard InChI is InChI=1S/C39H48N6O4/c1-39(40,41-2)38(49)43-35(32-16-10-5-11-17-32)36(47)42-27-34(46)45-25-24-44(23-22-28-12-6-3-7-13-28)37(48)33(45)26-29-18-20-31(21-19-29)30-14-8-4-9-15-30/h3-4,6-9,12-15,18-21,24-25,32-33,35,41H,5,10-11,16-17,22-23,26-27,40H2,1-2H3,(H,42,47)(H,43,49)/t33-,35-,39-/m0/s1. The molecule has 10 nitrogen and oxygen atoms in total. The normalized spacial score (nSPS) is 18.4. The summed E-state index contributed by atoms with van der Waals surface area (Å²) in [6.45, 7) is 1.69. The lowest BCUT2D eigenvalue weighted by atomic mass is 9.83. The minimum absolute atomic E-state index is 0.0679. The summed E-state index contributed by atoms with van der Waals surface area (Å²) in [5.74, 6) is -1.61. The Hall–Kier alpha value is -4.80. The van der Waals surface area contributed by atoms with E-state index in [0.29, 0.717) is 19.4 Å². The van der Waals surface area contributed by atoms with Crippen LogP contribution in [-0.4, -0.2) is 71.3 Å². The first-order valence-electron chi connectivity index (χ1n) is 17.2. The molecule has 1 heterocycles. The van der Waals surface area contributed by atoms with Crippen molar-refractivity contribution >= 4 is 23.6 Å². The average molecular weight is 665 g/mol. The van der Waals surface area contributed by atoms with E-state index in [1.807, 2.05) is 84.9 Å². The Kier molecular flexibility index (Phi) is 12.0. The van der Waals surface area contributed by atoms with Gasteiger partial charge in [0.25, 0.3) is 5.91 Å². The summed E-state index contributed by atoms with van der Waals surface area (Å²) in [5.41, 5.74) is 8.91. The fourth-order valence-electron chi connectivity index (χ4n) is 6.48. The number of benzene rings is 3. The second-order valence-corrected chi connectivity index (χ2v) is 13.2. The maximum atomic E-state index is 14.0. The Morgan fingerprint density at radius 1 is 0.857 bits per heavy atom. The van der Waals surface area contributed by atoms with Gasteiger partial charge in [0.15, 0.2) is 0 Å². The van der Waals surface area contributed by atoms with E-state index >= 15 is 0 Å². The van der Waals surface area contributed by atoms with E-state index in [9.17, 15) is 19.2 Å². The van der Waals surface area contributed by atoms with Gasteiger partial charge < -0.3 is 26.2 Å². The Morgan fingerprint density at radius 3 is 2.14 bits per heavy atom. The highest BCUT2D eigenvalue weighted by Gasteiger charge is 2.37. The first-order valence-corrected chi connectivity index (χ1v) is 17.2. The zero-order valence-corrected chi connectivity index (χ0v) is 28.4. The zero-order valence-electron chi connectivity index (χ0n) is 28.4. The number of nitrogens with zero attached hydrogens (tertiary/aromatic N) is 2. The van der Waals surface area contributed by atoms with Gasteiger partial charge in [0.1, 0.15) is 17.7 Å². The summed E-state index contributed by atoms with van der Waals surface area (Å²) < 4.78 is 0. The van der Waals surface area contributed by atoms with Crippen LogP contribution in [0.2, 0.25) is 0 Å². The number of nitrogens with one attached hydrogen (secondary N) is 3. The maximum absolute atomic E-state index is 14.0. The van der Waals surface area contributed by atoms with E-state index in [1.54, 1.807) is 31.3 Å². The number of hydrogen-bond donors (Lipinski definition) is 4. The molecule has 0 saturated heterocycles. The molecular weight excluding hydrogens is 616 g/mol. The molecule has 3 aromatic carbocycles. The van der Waals surface area contributed by atoms with Crippen molar-refractivity contribution < 1.29 is 19.2 Å². The second kappa shape index (κ2) is 16.5. The van der Waals surface area contributed by atoms with Crippen molar-refractivity contribution in [1.29, 1.82) is 0 Å². The number of carbonyl (C=O) groups is 4. The third kappa shape index (κ3) is 9.22. The molecule has 5 N–H and O–H groups in total. The van der Waals surface area contributed by atoms with E-state index in [2.05, 4.69) is 16.0 Å². The molecule has 0 unspecified atom stereocenters. The number of carbonyl (C=O) groups excluding carboxylic acids is 4. The van der Waals surface area contributed by atoms with Crippen molar-refractivity contribution in [2.24, 2.45) is 11.7 Å². The summed E-state index contributed by atoms with van der Waals surface area (Å²) in [5, 5.41) is 8.38. The zero-order chi connectivity index (χ0) is 34.8. The summed E-state index contributed by atoms with van der Waals surface area (Å²) in [4.78, 5) is 57.4. The molecule has 10 heteroatoms. The van der Waals surface area contributed by atoms with Crippen molar-refractivity contribution in [3.63, 3.8) is 0 Å². The van der Waals surface area contributed by atoms with Crippen LogP contribution in [0, 0.1) is 5.92 Å². The SMILES string of the molecule is CN[C@](C)(N)C(=O)N[C@H](C(=O)NCC(=O)N1C=CN(CCc2ccccc2)C(=O)[C@@H]1Cc1ccc(-c2ccccc2)cc1)C1CCCCC1. The van der Waals surface area contributed by atoms with Crippen molar-refractivity contribution in [2.75, 3.05) is 20.1 Å². The van der Waals surface area contributed by atoms with Gasteiger partial charge in [-0.25, -0.2) is 0 Å². The fraction of sp³-hybridized carbons (Fsp3) is 0.385. The molecule has 4 amide bonds. The Labute approximate surface area is 289 Å². The Balaban J connectivity index is 1.31. The summed E-state index contributed by atoms with van der Waals surface area (Å²) >= 11 is 0. The molecule has 3 atom stereocenters. The predicted octanol–water partition coefficient (Wildman–Crippen LogP) is 3.73. The van der Waals surface area contributed by atoms with Crippen LogP contribution in [0.5, 0.6) is 0 Å². The van der Waals surface area contributed by atoms with Crippen molar-refractivity contribution in [1.82, 2.24) is 25.8 Å². The monoisotopic (exact) mass is 664 g/mol. The van der Waals surface area contributed by atoms with Crippen molar-refractivity contribution in [3.8, 4) is 11.1 Å². The maximum Gasteiger partial charge on any atom is 0.255 e. The molecule has 1 aliphatic heterocycles. The molecule has 258 valence electrons. The predicted molar refractivity (Wildman–Crippen MR) is 190 cm³/mol. The van der Waals surface area contributed by atoms with E-state index in [0.717, 1.165) is 54.4 Å². The van der Waals surface area contributed by atoms with Crippen molar-refractivity contribution in [3.05, 3.63) is 108 Å². The highest BCUT2D eigenvalue weighted by atomic mass is 16.2. The van der Waals surface area contributed by atoms with E-state index < -0.39 is 35.5 Å². The summed E-state index contributed by atoms with van der Waals surface area (Å²) in [7, 11) is 1.58. The van der Waals surface area contributed by atoms with Gasteiger partial charge >= 0.3 is 0 Å². The smallest absolute Gasteiger partial charge is 0.255 e. The van der Waals surface area contributed by atoms with Crippen LogP contribution in [0.25, 0.3) is 11.1 Å². The molecule has 49 heavy (non-hydrogen) atoms. The Bertz CT molecular complexity index is 1600. The molecule has 5 rings (SSSR count). The molecule has 0 aromatic heterocycles. The van der Waals surface area contributed by atoms with E-state index in [4.69, 9.17) is 5.73 Å². The highest BCUT2D eigenvalue weighted by Crippen LogP contribution is 2.27. The van der Waals surface area contributed by atoms with Crippen LogP contribution < -0.4 is 21.7 Å². The van der Waals surface area contributed by atoms with Gasteiger partial charge in [0, 0.05) is 25.4 Å². The lowest BCUT2D eigenvalue weighted by molar-refractivity contribution is -0.143. The van der Waals surface area contributed by atoms with Crippen LogP contribution >= 0.6 is 0 Å². The van der Waals surface area contributed by atoms with Crippen LogP contribution in [0.4, 0.5) is 0 Å². The molecule has 2 aliphatic rings. The van der Waals surface area contributed by atoms with Gasteiger partial charge in [-0.15, -0.1) is 0 Å². The van der Waals surface area contributed by atoms with Crippen LogP contribution in [0.15, 0.2) is 97.3 Å². The van der Waals surface area contributed by atoms with E-state index in [-0.39, 0.29) is 18.4 Å². The van der Waals surface area contributed by atoms with Crippen molar-refractivity contribution in [2.45, 2.75) is 69.6 Å². The van der Waals surface area contributed by atoms with E-state index in [1.165, 1.54) is 4.90 Å². The third-order valence-corrected chi connectivity index (χ3v) is 9.67. The van der Waals surface area contributed by atoms with Crippen LogP contribution in [-0.2, 0) is 32.0 Å². The molecular formula is C39H48N6O4. The van der Waals surface area contributed by atoms with Gasteiger partial charge in [-0.3, -0.25) is 24.5 Å². The second-order valence-electron chi connectivity index (χ2n) is 13.2. The Morgan fingerprint density at radius 2 is 1.49 bits per heavy atom. The molecule has 3 aromatic rings. The summed E-state index contributed by atoms with van der Waals surface area (Å²) in [6, 6.07) is 26.4. The third-order valence-electron chi connectivity index (χ3n) is 9.67. The molecule has 0 bridgehead atoms. The number of likely N-dealkylation sites (N-methyl/N-ethyl adjacent to an activating group) is 1. The van der Waals surface area contributed by atoms with Gasteiger partial charge in [-0.1, -0.05) is 104 Å². The molecule has 1 saturated carbocycles. The topological polar surface area (TPSA) is 137 Å². The van der Waals surface area contributed by atoms with Crippen LogP contribution in [0.1, 0.15) is 50.2 Å². The first kappa shape index (κ1) is 35.5. The van der Waals surface area contributed by atoms with Gasteiger partial charge in [-0.05, 0) is 61.4 Å². The lowest BCUT2D eigenvalue weighted by Gasteiger charge is -2.36. The van der Waals surface area contributed by atoms with Crippen LogP contribution in [0.3, 0.4) is 0 Å². The van der Waals surface area contributed by atoms with Gasteiger partial charge in [-0.2, -0.15) is 0 Å². The number of nitrogens with two attached hydrogens (primary N) is 1. The van der Waals surface area contributed by atoms with Gasteiger partial charge in [0.05, 0.1) is 6.54 Å². The first-order chi connectivity index (χ1) is 23.7. The number of hydrogen-bond acceptors (Lipinski definition) is 6. The molecule has 0 radical (unpaired) electrons. The molecule has 1 aliphatic carbocycles. The largest absolute Gasteiger partial charge is 0.345 e. The molecule has 1 fully saturated rings. The number of amides is 4. The lowest BCUT2D eigenvalue weighted by Crippen LogP contribution is -2.64. The number of rotatable bonds is 13. The van der Waals surface area contributed by atoms with Gasteiger partial charge in [0.2, 0.25) is 17.7 Å². The average Bonchev–Trinajstić information content (AvgIpc) is 3.14.